The summed E-state index contributed by atoms with van der Waals surface area (Å²) in [6.45, 7) is 12.6. The predicted molar refractivity (Wildman–Crippen MR) is 75.9 cm³/mol. The number of hydrogen-bond acceptors (Lipinski definition) is 7. The van der Waals surface area contributed by atoms with Crippen molar-refractivity contribution in [2.75, 3.05) is 0 Å². The van der Waals surface area contributed by atoms with E-state index in [1.807, 2.05) is 20.8 Å². The Morgan fingerprint density at radius 1 is 1.10 bits per heavy atom. The SMILES string of the molecule is CC(C)(C)N=NC(C)(CCC(=O)OC(C)(C)C)OOC#N. The summed E-state index contributed by atoms with van der Waals surface area (Å²) < 4.78 is 5.21. The monoisotopic (exact) mass is 299 g/mol. The Bertz CT molecular complexity index is 415. The lowest BCUT2D eigenvalue weighted by molar-refractivity contribution is -0.314. The molecule has 1 unspecified atom stereocenters. The summed E-state index contributed by atoms with van der Waals surface area (Å²) in [6, 6.07) is 0. The van der Waals surface area contributed by atoms with Crippen molar-refractivity contribution in [3.05, 3.63) is 0 Å². The zero-order valence-electron chi connectivity index (χ0n) is 13.9. The van der Waals surface area contributed by atoms with Crippen LogP contribution in [0.15, 0.2) is 10.2 Å². The number of hydrogen-bond donors (Lipinski definition) is 0. The highest BCUT2D eigenvalue weighted by atomic mass is 17.2. The van der Waals surface area contributed by atoms with Crippen LogP contribution in [0.25, 0.3) is 0 Å². The van der Waals surface area contributed by atoms with Crippen molar-refractivity contribution >= 4 is 5.97 Å². The number of carbonyl (C=O) groups is 1. The Kier molecular flexibility index (Phi) is 6.77. The lowest BCUT2D eigenvalue weighted by Crippen LogP contribution is -2.30. The van der Waals surface area contributed by atoms with Crippen LogP contribution in [0, 0.1) is 11.5 Å². The van der Waals surface area contributed by atoms with Gasteiger partial charge >= 0.3 is 12.2 Å². The molecule has 0 N–H and O–H groups in total. The molecule has 0 aromatic rings. The summed E-state index contributed by atoms with van der Waals surface area (Å²) >= 11 is 0. The first-order valence-corrected chi connectivity index (χ1v) is 6.77. The third kappa shape index (κ3) is 10.7. The van der Waals surface area contributed by atoms with Gasteiger partial charge in [0.2, 0.25) is 5.72 Å². The topological polar surface area (TPSA) is 93.3 Å². The van der Waals surface area contributed by atoms with Crippen LogP contribution < -0.4 is 0 Å². The molecule has 0 bridgehead atoms. The van der Waals surface area contributed by atoms with Gasteiger partial charge in [-0.1, -0.05) is 0 Å². The molecule has 0 aromatic heterocycles. The number of nitriles is 1. The summed E-state index contributed by atoms with van der Waals surface area (Å²) in [5.41, 5.74) is -2.17. The van der Waals surface area contributed by atoms with E-state index in [0.29, 0.717) is 0 Å². The highest BCUT2D eigenvalue weighted by molar-refractivity contribution is 5.69. The molecule has 21 heavy (non-hydrogen) atoms. The molecule has 0 saturated heterocycles. The Morgan fingerprint density at radius 3 is 2.10 bits per heavy atom. The van der Waals surface area contributed by atoms with E-state index in [0.717, 1.165) is 0 Å². The molecule has 0 aliphatic rings. The number of azo groups is 1. The van der Waals surface area contributed by atoms with E-state index >= 15 is 0 Å². The van der Waals surface area contributed by atoms with Crippen LogP contribution in [0.5, 0.6) is 0 Å². The maximum absolute atomic E-state index is 11.7. The Balaban J connectivity index is 4.74. The van der Waals surface area contributed by atoms with Gasteiger partial charge in [-0.3, -0.25) is 9.68 Å². The van der Waals surface area contributed by atoms with Gasteiger partial charge in [0.1, 0.15) is 5.60 Å². The minimum atomic E-state index is -1.22. The van der Waals surface area contributed by atoms with E-state index in [9.17, 15) is 4.79 Å². The second kappa shape index (κ2) is 7.36. The van der Waals surface area contributed by atoms with Crippen molar-refractivity contribution in [3.63, 3.8) is 0 Å². The quantitative estimate of drug-likeness (QED) is 0.246. The largest absolute Gasteiger partial charge is 0.460 e. The first-order chi connectivity index (χ1) is 9.37. The van der Waals surface area contributed by atoms with Gasteiger partial charge in [0.05, 0.1) is 12.0 Å². The highest BCUT2D eigenvalue weighted by Crippen LogP contribution is 2.23. The molecule has 7 nitrogen and oxygen atoms in total. The number of ether oxygens (including phenoxy) is 1. The third-order valence-corrected chi connectivity index (χ3v) is 2.03. The van der Waals surface area contributed by atoms with Gasteiger partial charge < -0.3 is 4.74 Å². The van der Waals surface area contributed by atoms with Crippen LogP contribution in [0.1, 0.15) is 61.3 Å². The van der Waals surface area contributed by atoms with Crippen molar-refractivity contribution in [1.29, 1.82) is 5.26 Å². The number of esters is 1. The molecule has 0 aliphatic carbocycles. The van der Waals surface area contributed by atoms with Crippen molar-refractivity contribution in [2.24, 2.45) is 10.2 Å². The van der Waals surface area contributed by atoms with E-state index in [4.69, 9.17) is 14.9 Å². The van der Waals surface area contributed by atoms with Gasteiger partial charge in [-0.15, -0.1) is 10.1 Å². The third-order valence-electron chi connectivity index (χ3n) is 2.03. The molecule has 120 valence electrons. The van der Waals surface area contributed by atoms with Gasteiger partial charge in [0, 0.05) is 6.42 Å². The summed E-state index contributed by atoms with van der Waals surface area (Å²) in [4.78, 5) is 20.9. The van der Waals surface area contributed by atoms with Gasteiger partial charge in [-0.05, 0) is 48.5 Å². The predicted octanol–water partition coefficient (Wildman–Crippen LogP) is 3.50. The van der Waals surface area contributed by atoms with E-state index in [-0.39, 0.29) is 18.8 Å². The Labute approximate surface area is 126 Å². The average Bonchev–Trinajstić information content (AvgIpc) is 2.29. The molecule has 7 heteroatoms. The molecule has 0 aromatic carbocycles. The van der Waals surface area contributed by atoms with Gasteiger partial charge in [-0.25, -0.2) is 0 Å². The molecule has 0 amide bonds. The molecule has 1 atom stereocenters. The van der Waals surface area contributed by atoms with E-state index in [2.05, 4.69) is 15.1 Å². The molecular weight excluding hydrogens is 274 g/mol. The van der Waals surface area contributed by atoms with E-state index in [1.165, 1.54) is 6.26 Å². The zero-order valence-corrected chi connectivity index (χ0v) is 13.9. The van der Waals surface area contributed by atoms with Crippen LogP contribution in [0.3, 0.4) is 0 Å². The normalized spacial score (nSPS) is 15.3. The fraction of sp³-hybridized carbons (Fsp3) is 0.857. The molecule has 0 heterocycles. The average molecular weight is 299 g/mol. The van der Waals surface area contributed by atoms with Crippen molar-refractivity contribution in [3.8, 4) is 6.26 Å². The second-order valence-electron chi connectivity index (χ2n) is 6.89. The summed E-state index contributed by atoms with van der Waals surface area (Å²) in [5, 5.41) is 16.6. The molecule has 0 aliphatic heterocycles. The summed E-state index contributed by atoms with van der Waals surface area (Å²) in [7, 11) is 0. The van der Waals surface area contributed by atoms with Crippen LogP contribution in [-0.4, -0.2) is 22.8 Å². The van der Waals surface area contributed by atoms with Gasteiger partial charge in [-0.2, -0.15) is 10.2 Å². The van der Waals surface area contributed by atoms with Crippen LogP contribution in [0.2, 0.25) is 0 Å². The first kappa shape index (κ1) is 19.3. The fourth-order valence-electron chi connectivity index (χ4n) is 1.20. The van der Waals surface area contributed by atoms with Crippen molar-refractivity contribution in [2.45, 2.75) is 78.2 Å². The second-order valence-corrected chi connectivity index (χ2v) is 6.89. The van der Waals surface area contributed by atoms with Crippen LogP contribution in [0.4, 0.5) is 0 Å². The molecule has 0 radical (unpaired) electrons. The standard InChI is InChI=1S/C14H25N3O4/c1-12(2,3)16-17-14(7,21-19-10-15)9-8-11(18)20-13(4,5)6/h8-9H2,1-7H3. The van der Waals surface area contributed by atoms with E-state index in [1.54, 1.807) is 27.7 Å². The molecular formula is C14H25N3O4. The summed E-state index contributed by atoms with van der Waals surface area (Å²) in [5.74, 6) is -0.375. The van der Waals surface area contributed by atoms with Gasteiger partial charge in [0.15, 0.2) is 0 Å². The highest BCUT2D eigenvalue weighted by Gasteiger charge is 2.30. The van der Waals surface area contributed by atoms with Crippen LogP contribution >= 0.6 is 0 Å². The molecule has 0 fully saturated rings. The Hall–Kier alpha value is -1.68. The molecule has 0 spiro atoms. The number of carbonyl (C=O) groups excluding carboxylic acids is 1. The smallest absolute Gasteiger partial charge is 0.324 e. The molecule has 0 rings (SSSR count). The maximum Gasteiger partial charge on any atom is 0.324 e. The zero-order chi connectivity index (χ0) is 16.7. The molecule has 0 saturated carbocycles. The Morgan fingerprint density at radius 2 is 1.67 bits per heavy atom. The first-order valence-electron chi connectivity index (χ1n) is 6.77. The number of rotatable bonds is 6. The summed E-state index contributed by atoms with van der Waals surface area (Å²) in [6.07, 6.45) is 1.67. The fourth-order valence-corrected chi connectivity index (χ4v) is 1.20. The van der Waals surface area contributed by atoms with Crippen molar-refractivity contribution < 1.29 is 19.3 Å². The van der Waals surface area contributed by atoms with Gasteiger partial charge in [0.25, 0.3) is 0 Å². The lowest BCUT2D eigenvalue weighted by atomic mass is 10.1. The number of nitrogens with zero attached hydrogens (tertiary/aromatic N) is 3. The van der Waals surface area contributed by atoms with E-state index < -0.39 is 16.9 Å². The minimum Gasteiger partial charge on any atom is -0.460 e. The van der Waals surface area contributed by atoms with Crippen molar-refractivity contribution in [1.82, 2.24) is 0 Å². The van der Waals surface area contributed by atoms with Crippen LogP contribution in [-0.2, 0) is 19.3 Å². The lowest BCUT2D eigenvalue weighted by Gasteiger charge is -2.23. The maximum atomic E-state index is 11.7. The minimum absolute atomic E-state index is 0.0751.